The molecular weight excluding hydrogens is 480 g/mol. The molecule has 1 aliphatic heterocycles. The molecule has 216 valence electrons. The van der Waals surface area contributed by atoms with Crippen molar-refractivity contribution in [3.05, 3.63) is 17.5 Å². The summed E-state index contributed by atoms with van der Waals surface area (Å²) in [6.07, 6.45) is 15.7. The number of rotatable bonds is 8. The molecule has 3 aliphatic rings. The molecule has 3 atom stereocenters. The van der Waals surface area contributed by atoms with Gasteiger partial charge in [0, 0.05) is 58.1 Å². The van der Waals surface area contributed by atoms with Crippen molar-refractivity contribution in [3.8, 4) is 0 Å². The van der Waals surface area contributed by atoms with Gasteiger partial charge in [-0.15, -0.1) is 0 Å². The highest BCUT2D eigenvalue weighted by Crippen LogP contribution is 2.53. The largest absolute Gasteiger partial charge is 0.444 e. The fourth-order valence-electron chi connectivity index (χ4n) is 6.88. The molecule has 8 nitrogen and oxygen atoms in total. The molecule has 0 bridgehead atoms. The fourth-order valence-corrected chi connectivity index (χ4v) is 6.88. The van der Waals surface area contributed by atoms with Gasteiger partial charge in [-0.05, 0) is 84.6 Å². The van der Waals surface area contributed by atoms with Crippen molar-refractivity contribution >= 4 is 6.09 Å². The zero-order chi connectivity index (χ0) is 27.3. The first-order valence-electron chi connectivity index (χ1n) is 15.0. The Morgan fingerprint density at radius 2 is 1.87 bits per heavy atom. The summed E-state index contributed by atoms with van der Waals surface area (Å²) in [6, 6.07) is 0. The van der Waals surface area contributed by atoms with Gasteiger partial charge in [0.2, 0.25) is 0 Å². The Hall–Kier alpha value is -1.64. The van der Waals surface area contributed by atoms with Crippen molar-refractivity contribution in [2.45, 2.75) is 122 Å². The highest BCUT2D eigenvalue weighted by molar-refractivity contribution is 5.67. The lowest BCUT2D eigenvalue weighted by Crippen LogP contribution is -2.43. The van der Waals surface area contributed by atoms with Crippen LogP contribution in [-0.4, -0.2) is 78.3 Å². The number of carbonyl (C=O) groups is 1. The van der Waals surface area contributed by atoms with Gasteiger partial charge in [-0.25, -0.2) is 9.48 Å². The molecule has 0 aromatic carbocycles. The van der Waals surface area contributed by atoms with Crippen LogP contribution in [-0.2, 0) is 20.8 Å². The normalized spacial score (nSPS) is 26.0. The fraction of sp³-hybridized carbons (Fsp3) is 0.867. The van der Waals surface area contributed by atoms with Crippen molar-refractivity contribution in [1.82, 2.24) is 19.6 Å². The molecule has 3 fully saturated rings. The van der Waals surface area contributed by atoms with Crippen molar-refractivity contribution in [2.75, 3.05) is 40.9 Å². The van der Waals surface area contributed by atoms with Crippen LogP contribution < -0.4 is 0 Å². The smallest absolute Gasteiger partial charge is 0.410 e. The van der Waals surface area contributed by atoms with Gasteiger partial charge >= 0.3 is 6.09 Å². The third-order valence-corrected chi connectivity index (χ3v) is 8.89. The summed E-state index contributed by atoms with van der Waals surface area (Å²) < 4.78 is 19.8. The molecule has 1 unspecified atom stereocenters. The summed E-state index contributed by atoms with van der Waals surface area (Å²) in [5.41, 5.74) is 2.36. The topological polar surface area (TPSA) is 69.1 Å². The molecule has 0 radical (unpaired) electrons. The third-order valence-electron chi connectivity index (χ3n) is 8.89. The molecule has 1 aromatic rings. The summed E-state index contributed by atoms with van der Waals surface area (Å²) in [5.74, 6) is 0.456. The molecule has 4 rings (SSSR count). The second-order valence-corrected chi connectivity index (χ2v) is 13.1. The van der Waals surface area contributed by atoms with Gasteiger partial charge in [-0.1, -0.05) is 19.3 Å². The van der Waals surface area contributed by atoms with Crippen molar-refractivity contribution < 1.29 is 19.0 Å². The Balaban J connectivity index is 1.48. The lowest BCUT2D eigenvalue weighted by molar-refractivity contribution is -0.0695. The Labute approximate surface area is 230 Å². The van der Waals surface area contributed by atoms with Crippen LogP contribution in [0.5, 0.6) is 0 Å². The lowest BCUT2D eigenvalue weighted by Gasteiger charge is -2.48. The molecule has 0 N–H and O–H groups in total. The van der Waals surface area contributed by atoms with E-state index in [0.29, 0.717) is 24.0 Å². The van der Waals surface area contributed by atoms with E-state index < -0.39 is 5.60 Å². The first-order valence-corrected chi connectivity index (χ1v) is 15.0. The maximum Gasteiger partial charge on any atom is 0.410 e. The first-order chi connectivity index (χ1) is 18.1. The minimum Gasteiger partial charge on any atom is -0.444 e. The maximum absolute atomic E-state index is 12.4. The van der Waals surface area contributed by atoms with Crippen molar-refractivity contribution in [2.24, 2.45) is 5.41 Å². The molecule has 2 aliphatic carbocycles. The average Bonchev–Trinajstić information content (AvgIpc) is 3.31. The van der Waals surface area contributed by atoms with Gasteiger partial charge in [0.1, 0.15) is 11.8 Å². The summed E-state index contributed by atoms with van der Waals surface area (Å²) in [6.45, 7) is 8.70. The summed E-state index contributed by atoms with van der Waals surface area (Å²) in [7, 11) is 5.85. The first kappa shape index (κ1) is 29.3. The predicted octanol–water partition coefficient (Wildman–Crippen LogP) is 6.11. The molecular formula is C30H52N4O4. The van der Waals surface area contributed by atoms with E-state index in [1.54, 1.807) is 4.90 Å². The van der Waals surface area contributed by atoms with Gasteiger partial charge in [0.05, 0.1) is 11.8 Å². The minimum atomic E-state index is -0.487. The van der Waals surface area contributed by atoms with Gasteiger partial charge in [-0.2, -0.15) is 5.10 Å². The summed E-state index contributed by atoms with van der Waals surface area (Å²) in [4.78, 5) is 16.4. The number of hydrogen-bond acceptors (Lipinski definition) is 6. The number of nitrogens with zero attached hydrogens (tertiary/aromatic N) is 4. The number of carbonyl (C=O) groups excluding carboxylic acids is 1. The van der Waals surface area contributed by atoms with Gasteiger partial charge in [0.15, 0.2) is 0 Å². The molecule has 8 heteroatoms. The van der Waals surface area contributed by atoms with E-state index in [9.17, 15) is 4.79 Å². The predicted molar refractivity (Wildman–Crippen MR) is 149 cm³/mol. The van der Waals surface area contributed by atoms with Gasteiger partial charge < -0.3 is 24.0 Å². The molecule has 2 heterocycles. The number of methoxy groups -OCH3 is 1. The Morgan fingerprint density at radius 3 is 2.53 bits per heavy atom. The third kappa shape index (κ3) is 7.30. The standard InChI is InChI=1S/C30H52N4O4/c1-29(2,3)38-28(35)33(5)18-17-32(4)21-24-22-34(26-12-8-11-19-37-26)31-27(24)23-13-14-25(36-6)30(20-23)15-9-7-10-16-30/h22-23,25-26H,7-21H2,1-6H3/t23-,25-,26?/m1/s1. The van der Waals surface area contributed by atoms with E-state index in [4.69, 9.17) is 19.3 Å². The maximum atomic E-state index is 12.4. The second kappa shape index (κ2) is 12.7. The van der Waals surface area contributed by atoms with E-state index in [0.717, 1.165) is 45.4 Å². The Morgan fingerprint density at radius 1 is 1.11 bits per heavy atom. The van der Waals surface area contributed by atoms with E-state index >= 15 is 0 Å². The van der Waals surface area contributed by atoms with Crippen molar-refractivity contribution in [3.63, 3.8) is 0 Å². The number of hydrogen-bond donors (Lipinski definition) is 0. The van der Waals surface area contributed by atoms with Crippen LogP contribution in [0.4, 0.5) is 4.79 Å². The highest BCUT2D eigenvalue weighted by atomic mass is 16.6. The zero-order valence-electron chi connectivity index (χ0n) is 24.8. The van der Waals surface area contributed by atoms with Crippen molar-refractivity contribution in [1.29, 1.82) is 0 Å². The Bertz CT molecular complexity index is 899. The average molecular weight is 533 g/mol. The number of amides is 1. The minimum absolute atomic E-state index is 0.0406. The molecule has 2 saturated carbocycles. The van der Waals surface area contributed by atoms with Crippen LogP contribution >= 0.6 is 0 Å². The van der Waals surface area contributed by atoms with E-state index in [-0.39, 0.29) is 12.3 Å². The van der Waals surface area contributed by atoms with Crippen LogP contribution in [0.15, 0.2) is 6.20 Å². The summed E-state index contributed by atoms with van der Waals surface area (Å²) >= 11 is 0. The number of ether oxygens (including phenoxy) is 3. The molecule has 38 heavy (non-hydrogen) atoms. The molecule has 1 saturated heterocycles. The molecule has 1 spiro atoms. The van der Waals surface area contributed by atoms with E-state index in [1.807, 2.05) is 34.9 Å². The lowest BCUT2D eigenvalue weighted by atomic mass is 9.60. The monoisotopic (exact) mass is 532 g/mol. The van der Waals surface area contributed by atoms with Gasteiger partial charge in [-0.3, -0.25) is 0 Å². The number of aromatic nitrogens is 2. The second-order valence-electron chi connectivity index (χ2n) is 13.1. The van der Waals surface area contributed by atoms with E-state index in [1.165, 1.54) is 56.2 Å². The summed E-state index contributed by atoms with van der Waals surface area (Å²) in [5, 5.41) is 5.24. The quantitative estimate of drug-likeness (QED) is 0.402. The number of likely N-dealkylation sites (N-methyl/N-ethyl adjacent to an activating group) is 2. The van der Waals surface area contributed by atoms with Crippen LogP contribution in [0.2, 0.25) is 0 Å². The zero-order valence-corrected chi connectivity index (χ0v) is 24.8. The van der Waals surface area contributed by atoms with E-state index in [2.05, 4.69) is 22.8 Å². The SMILES string of the molecule is CO[C@@H]1CC[C@@H](c2nn(C3CCCCO3)cc2CN(C)CCN(C)C(=O)OC(C)(C)C)CC12CCCCC2. The van der Waals surface area contributed by atoms with Gasteiger partial charge in [0.25, 0.3) is 0 Å². The highest BCUT2D eigenvalue weighted by Gasteiger charge is 2.46. The van der Waals surface area contributed by atoms with Crippen LogP contribution in [0.1, 0.15) is 115 Å². The van der Waals surface area contributed by atoms with Crippen LogP contribution in [0.25, 0.3) is 0 Å². The Kier molecular flexibility index (Phi) is 9.80. The molecule has 1 amide bonds. The van der Waals surface area contributed by atoms with Crippen LogP contribution in [0, 0.1) is 5.41 Å². The molecule has 1 aromatic heterocycles. The van der Waals surface area contributed by atoms with Crippen LogP contribution in [0.3, 0.4) is 0 Å².